The first-order valence-electron chi connectivity index (χ1n) is 9.72. The summed E-state index contributed by atoms with van der Waals surface area (Å²) < 4.78 is 16.3. The summed E-state index contributed by atoms with van der Waals surface area (Å²) in [7, 11) is 3.31. The Kier molecular flexibility index (Phi) is 6.79. The molecule has 2 aliphatic heterocycles. The highest BCUT2D eigenvalue weighted by Gasteiger charge is 2.32. The molecule has 0 aliphatic carbocycles. The number of ether oxygens (including phenoxy) is 3. The number of likely N-dealkylation sites (tertiary alicyclic amines) is 1. The van der Waals surface area contributed by atoms with Crippen LogP contribution in [0.2, 0.25) is 0 Å². The molecule has 2 saturated heterocycles. The number of carbonyl (C=O) groups is 1. The minimum absolute atomic E-state index is 0.00810. The smallest absolute Gasteiger partial charge is 0.317 e. The number of hydrogen-bond acceptors (Lipinski definition) is 5. The van der Waals surface area contributed by atoms with E-state index in [2.05, 4.69) is 17.1 Å². The van der Waals surface area contributed by atoms with E-state index < -0.39 is 0 Å². The van der Waals surface area contributed by atoms with Crippen LogP contribution in [0.1, 0.15) is 31.4 Å². The van der Waals surface area contributed by atoms with Crippen molar-refractivity contribution in [3.63, 3.8) is 0 Å². The number of carbonyl (C=O) groups excluding carboxylic acids is 1. The predicted molar refractivity (Wildman–Crippen MR) is 103 cm³/mol. The number of amides is 2. The summed E-state index contributed by atoms with van der Waals surface area (Å²) in [5.41, 5.74) is 1.01. The summed E-state index contributed by atoms with van der Waals surface area (Å²) in [4.78, 5) is 17.1. The second kappa shape index (κ2) is 9.28. The highest BCUT2D eigenvalue weighted by atomic mass is 16.5. The molecule has 2 heterocycles. The Hall–Kier alpha value is -1.99. The van der Waals surface area contributed by atoms with Crippen molar-refractivity contribution in [1.29, 1.82) is 0 Å². The Labute approximate surface area is 161 Å². The van der Waals surface area contributed by atoms with E-state index in [0.29, 0.717) is 12.6 Å². The molecule has 0 bridgehead atoms. The van der Waals surface area contributed by atoms with Gasteiger partial charge >= 0.3 is 6.03 Å². The Morgan fingerprint density at radius 3 is 2.74 bits per heavy atom. The number of nitrogens with zero attached hydrogens (tertiary/aromatic N) is 2. The first-order valence-corrected chi connectivity index (χ1v) is 9.72. The molecule has 0 unspecified atom stereocenters. The van der Waals surface area contributed by atoms with E-state index in [1.165, 1.54) is 0 Å². The number of morpholine rings is 1. The predicted octanol–water partition coefficient (Wildman–Crippen LogP) is 2.27. The Morgan fingerprint density at radius 2 is 2.04 bits per heavy atom. The molecule has 1 aromatic rings. The van der Waals surface area contributed by atoms with Crippen LogP contribution in [0.5, 0.6) is 11.5 Å². The van der Waals surface area contributed by atoms with Crippen molar-refractivity contribution in [2.24, 2.45) is 0 Å². The molecule has 0 saturated carbocycles. The molecular formula is C20H31N3O4. The maximum Gasteiger partial charge on any atom is 0.317 e. The summed E-state index contributed by atoms with van der Waals surface area (Å²) in [6.45, 7) is 6.91. The van der Waals surface area contributed by atoms with E-state index in [4.69, 9.17) is 14.2 Å². The van der Waals surface area contributed by atoms with Crippen LogP contribution in [-0.2, 0) is 4.74 Å². The van der Waals surface area contributed by atoms with Crippen LogP contribution >= 0.6 is 0 Å². The number of rotatable bonds is 6. The second-order valence-corrected chi connectivity index (χ2v) is 7.14. The van der Waals surface area contributed by atoms with E-state index in [1.54, 1.807) is 14.2 Å². The SMILES string of the molecule is COc1ccc(OC)c([C@@H]2CCCN2C(=O)NC[C@H](C)N2CCOCC2)c1. The quantitative estimate of drug-likeness (QED) is 0.824. The lowest BCUT2D eigenvalue weighted by Crippen LogP contribution is -2.49. The zero-order valence-corrected chi connectivity index (χ0v) is 16.6. The number of urea groups is 1. The fourth-order valence-corrected chi connectivity index (χ4v) is 3.92. The molecule has 1 N–H and O–H groups in total. The topological polar surface area (TPSA) is 63.3 Å². The molecule has 1 aromatic carbocycles. The van der Waals surface area contributed by atoms with Gasteiger partial charge in [-0.2, -0.15) is 0 Å². The molecule has 2 fully saturated rings. The van der Waals surface area contributed by atoms with Gasteiger partial charge in [0.05, 0.1) is 33.5 Å². The van der Waals surface area contributed by atoms with Gasteiger partial charge in [-0.25, -0.2) is 4.79 Å². The lowest BCUT2D eigenvalue weighted by molar-refractivity contribution is 0.0206. The van der Waals surface area contributed by atoms with Crippen LogP contribution in [0.25, 0.3) is 0 Å². The van der Waals surface area contributed by atoms with Crippen LogP contribution in [0.15, 0.2) is 18.2 Å². The summed E-state index contributed by atoms with van der Waals surface area (Å²) in [6, 6.07) is 6.06. The highest BCUT2D eigenvalue weighted by molar-refractivity contribution is 5.75. The zero-order chi connectivity index (χ0) is 19.2. The summed E-state index contributed by atoms with van der Waals surface area (Å²) in [5.74, 6) is 1.57. The van der Waals surface area contributed by atoms with Gasteiger partial charge in [0.15, 0.2) is 0 Å². The van der Waals surface area contributed by atoms with Gasteiger partial charge in [0.25, 0.3) is 0 Å². The van der Waals surface area contributed by atoms with Gasteiger partial charge in [-0.05, 0) is 38.0 Å². The van der Waals surface area contributed by atoms with Crippen LogP contribution in [0, 0.1) is 0 Å². The van der Waals surface area contributed by atoms with Crippen molar-refractivity contribution >= 4 is 6.03 Å². The first kappa shape index (κ1) is 19.8. The lowest BCUT2D eigenvalue weighted by atomic mass is 10.0. The first-order chi connectivity index (χ1) is 13.1. The molecule has 0 aromatic heterocycles. The van der Waals surface area contributed by atoms with Gasteiger partial charge in [-0.3, -0.25) is 4.90 Å². The maximum atomic E-state index is 12.9. The number of hydrogen-bond donors (Lipinski definition) is 1. The van der Waals surface area contributed by atoms with Crippen molar-refractivity contribution in [3.8, 4) is 11.5 Å². The summed E-state index contributed by atoms with van der Waals surface area (Å²) >= 11 is 0. The monoisotopic (exact) mass is 377 g/mol. The molecule has 0 radical (unpaired) electrons. The van der Waals surface area contributed by atoms with E-state index in [1.807, 2.05) is 23.1 Å². The van der Waals surface area contributed by atoms with E-state index in [-0.39, 0.29) is 12.1 Å². The molecule has 2 atom stereocenters. The van der Waals surface area contributed by atoms with Crippen molar-refractivity contribution < 1.29 is 19.0 Å². The number of methoxy groups -OCH3 is 2. The number of benzene rings is 1. The molecule has 2 amide bonds. The van der Waals surface area contributed by atoms with Crippen molar-refractivity contribution in [1.82, 2.24) is 15.1 Å². The minimum Gasteiger partial charge on any atom is -0.497 e. The third-order valence-electron chi connectivity index (χ3n) is 5.53. The molecule has 27 heavy (non-hydrogen) atoms. The Bertz CT molecular complexity index is 634. The Balaban J connectivity index is 1.64. The van der Waals surface area contributed by atoms with E-state index in [0.717, 1.165) is 62.8 Å². The number of nitrogens with one attached hydrogen (secondary N) is 1. The molecule has 0 spiro atoms. The fraction of sp³-hybridized carbons (Fsp3) is 0.650. The van der Waals surface area contributed by atoms with Crippen LogP contribution in [0.3, 0.4) is 0 Å². The van der Waals surface area contributed by atoms with Gasteiger partial charge in [0.2, 0.25) is 0 Å². The maximum absolute atomic E-state index is 12.9. The van der Waals surface area contributed by atoms with Crippen LogP contribution in [0.4, 0.5) is 4.79 Å². The standard InChI is InChI=1S/C20H31N3O4/c1-15(22-9-11-27-12-10-22)14-21-20(24)23-8-4-5-18(23)17-13-16(25-2)6-7-19(17)26-3/h6-7,13,15,18H,4-5,8-12,14H2,1-3H3,(H,21,24)/t15-,18-/m0/s1. The summed E-state index contributed by atoms with van der Waals surface area (Å²) in [5, 5.41) is 3.12. The second-order valence-electron chi connectivity index (χ2n) is 7.14. The molecule has 3 rings (SSSR count). The fourth-order valence-electron chi connectivity index (χ4n) is 3.92. The summed E-state index contributed by atoms with van der Waals surface area (Å²) in [6.07, 6.45) is 1.91. The van der Waals surface area contributed by atoms with Gasteiger partial charge in [0.1, 0.15) is 11.5 Å². The minimum atomic E-state index is -0.0116. The van der Waals surface area contributed by atoms with E-state index in [9.17, 15) is 4.79 Å². The highest BCUT2D eigenvalue weighted by Crippen LogP contribution is 2.38. The molecule has 150 valence electrons. The van der Waals surface area contributed by atoms with Crippen LogP contribution in [-0.4, -0.2) is 75.5 Å². The van der Waals surface area contributed by atoms with Crippen LogP contribution < -0.4 is 14.8 Å². The van der Waals surface area contributed by atoms with Crippen molar-refractivity contribution in [3.05, 3.63) is 23.8 Å². The third-order valence-corrected chi connectivity index (χ3v) is 5.53. The zero-order valence-electron chi connectivity index (χ0n) is 16.6. The molecular weight excluding hydrogens is 346 g/mol. The molecule has 2 aliphatic rings. The normalized spacial score (nSPS) is 21.7. The average Bonchev–Trinajstić information content (AvgIpc) is 3.21. The Morgan fingerprint density at radius 1 is 1.26 bits per heavy atom. The van der Waals surface area contributed by atoms with E-state index >= 15 is 0 Å². The van der Waals surface area contributed by atoms with Gasteiger partial charge in [-0.15, -0.1) is 0 Å². The van der Waals surface area contributed by atoms with Crippen molar-refractivity contribution in [2.45, 2.75) is 31.8 Å². The molecule has 7 nitrogen and oxygen atoms in total. The van der Waals surface area contributed by atoms with Crippen molar-refractivity contribution in [2.75, 3.05) is 53.6 Å². The van der Waals surface area contributed by atoms with Gasteiger partial charge < -0.3 is 24.4 Å². The largest absolute Gasteiger partial charge is 0.497 e. The molecule has 7 heteroatoms. The lowest BCUT2D eigenvalue weighted by Gasteiger charge is -2.33. The van der Waals surface area contributed by atoms with Gasteiger partial charge in [0, 0.05) is 37.8 Å². The third kappa shape index (κ3) is 4.65. The van der Waals surface area contributed by atoms with Gasteiger partial charge in [-0.1, -0.05) is 0 Å². The average molecular weight is 377 g/mol.